The zero-order valence-electron chi connectivity index (χ0n) is 9.82. The lowest BCUT2D eigenvalue weighted by Gasteiger charge is -2.23. The summed E-state index contributed by atoms with van der Waals surface area (Å²) in [6, 6.07) is 0.240. The Morgan fingerprint density at radius 3 is 3.00 bits per heavy atom. The van der Waals surface area contributed by atoms with E-state index in [2.05, 4.69) is 10.6 Å². The van der Waals surface area contributed by atoms with Crippen molar-refractivity contribution in [3.63, 3.8) is 0 Å². The Bertz CT molecular complexity index is 201. The first kappa shape index (κ1) is 16.0. The van der Waals surface area contributed by atoms with Crippen LogP contribution in [0.5, 0.6) is 0 Å². The second-order valence-electron chi connectivity index (χ2n) is 3.82. The molecule has 1 saturated heterocycles. The minimum atomic E-state index is 0. The van der Waals surface area contributed by atoms with Gasteiger partial charge in [-0.25, -0.2) is 0 Å². The van der Waals surface area contributed by atoms with Crippen molar-refractivity contribution in [2.75, 3.05) is 31.7 Å². The maximum absolute atomic E-state index is 11.6. The van der Waals surface area contributed by atoms with E-state index in [4.69, 9.17) is 4.74 Å². The van der Waals surface area contributed by atoms with Crippen molar-refractivity contribution in [3.8, 4) is 0 Å². The summed E-state index contributed by atoms with van der Waals surface area (Å²) in [5.41, 5.74) is 0. The molecular formula is C10H21ClN2O2S. The van der Waals surface area contributed by atoms with Crippen LogP contribution in [-0.2, 0) is 9.53 Å². The van der Waals surface area contributed by atoms with E-state index in [1.807, 2.05) is 13.2 Å². The average molecular weight is 269 g/mol. The highest BCUT2D eigenvalue weighted by Crippen LogP contribution is 2.02. The second-order valence-corrected chi connectivity index (χ2v) is 4.74. The van der Waals surface area contributed by atoms with Crippen molar-refractivity contribution in [3.05, 3.63) is 0 Å². The Hall–Kier alpha value is 0.0300. The van der Waals surface area contributed by atoms with E-state index in [1.165, 1.54) is 0 Å². The van der Waals surface area contributed by atoms with Gasteiger partial charge >= 0.3 is 0 Å². The number of hydrogen-bond donors (Lipinski definition) is 2. The van der Waals surface area contributed by atoms with Crippen LogP contribution in [-0.4, -0.2) is 49.8 Å². The lowest BCUT2D eigenvalue weighted by atomic mass is 10.2. The third-order valence-corrected chi connectivity index (χ3v) is 3.07. The fourth-order valence-corrected chi connectivity index (χ4v) is 2.17. The van der Waals surface area contributed by atoms with Gasteiger partial charge in [0, 0.05) is 24.9 Å². The normalized spacial score (nSPS) is 22.0. The number of thioether (sulfide) groups is 1. The first-order chi connectivity index (χ1) is 7.22. The van der Waals surface area contributed by atoms with Gasteiger partial charge in [0.25, 0.3) is 0 Å². The van der Waals surface area contributed by atoms with Crippen LogP contribution < -0.4 is 10.6 Å². The van der Waals surface area contributed by atoms with Crippen LogP contribution in [0.25, 0.3) is 0 Å². The van der Waals surface area contributed by atoms with E-state index in [-0.39, 0.29) is 30.5 Å². The number of hydrogen-bond acceptors (Lipinski definition) is 4. The highest BCUT2D eigenvalue weighted by atomic mass is 35.5. The summed E-state index contributed by atoms with van der Waals surface area (Å²) in [6.45, 7) is 4.40. The monoisotopic (exact) mass is 268 g/mol. The Labute approximate surface area is 108 Å². The molecule has 2 N–H and O–H groups in total. The highest BCUT2D eigenvalue weighted by molar-refractivity contribution is 7.98. The van der Waals surface area contributed by atoms with Gasteiger partial charge in [-0.15, -0.1) is 12.4 Å². The van der Waals surface area contributed by atoms with Crippen molar-refractivity contribution in [1.82, 2.24) is 10.6 Å². The fraction of sp³-hybridized carbons (Fsp3) is 0.900. The van der Waals surface area contributed by atoms with Gasteiger partial charge < -0.3 is 15.4 Å². The van der Waals surface area contributed by atoms with Crippen molar-refractivity contribution in [2.45, 2.75) is 25.5 Å². The molecule has 1 amide bonds. The molecule has 2 atom stereocenters. The molecule has 0 bridgehead atoms. The van der Waals surface area contributed by atoms with E-state index >= 15 is 0 Å². The lowest BCUT2D eigenvalue weighted by Crippen LogP contribution is -2.43. The Morgan fingerprint density at radius 1 is 1.69 bits per heavy atom. The minimum absolute atomic E-state index is 0. The number of carbonyl (C=O) groups is 1. The van der Waals surface area contributed by atoms with Crippen LogP contribution >= 0.6 is 24.2 Å². The molecule has 1 aliphatic rings. The summed E-state index contributed by atoms with van der Waals surface area (Å²) >= 11 is 1.74. The third-order valence-electron chi connectivity index (χ3n) is 2.24. The van der Waals surface area contributed by atoms with Crippen LogP contribution in [0.3, 0.4) is 0 Å². The van der Waals surface area contributed by atoms with Crippen molar-refractivity contribution in [2.24, 2.45) is 0 Å². The van der Waals surface area contributed by atoms with Gasteiger partial charge in [0.15, 0.2) is 0 Å². The number of carbonyl (C=O) groups excluding carboxylic acids is 1. The summed E-state index contributed by atoms with van der Waals surface area (Å²) in [5.74, 6) is 1.04. The van der Waals surface area contributed by atoms with E-state index in [9.17, 15) is 4.79 Å². The smallest absolute Gasteiger partial charge is 0.222 e. The number of nitrogens with one attached hydrogen (secondary N) is 2. The summed E-state index contributed by atoms with van der Waals surface area (Å²) in [6.07, 6.45) is 2.54. The van der Waals surface area contributed by atoms with Crippen LogP contribution in [0, 0.1) is 0 Å². The molecule has 4 nitrogen and oxygen atoms in total. The minimum Gasteiger partial charge on any atom is -0.375 e. The van der Waals surface area contributed by atoms with Crippen molar-refractivity contribution >= 4 is 30.1 Å². The predicted molar refractivity (Wildman–Crippen MR) is 70.5 cm³/mol. The summed E-state index contributed by atoms with van der Waals surface area (Å²) in [4.78, 5) is 11.6. The fourth-order valence-electron chi connectivity index (χ4n) is 1.58. The zero-order chi connectivity index (χ0) is 11.1. The molecule has 0 aromatic heterocycles. The van der Waals surface area contributed by atoms with Gasteiger partial charge in [0.1, 0.15) is 0 Å². The van der Waals surface area contributed by atoms with Gasteiger partial charge in [-0.05, 0) is 13.2 Å². The van der Waals surface area contributed by atoms with Gasteiger partial charge in [0.05, 0.1) is 19.1 Å². The first-order valence-electron chi connectivity index (χ1n) is 5.33. The van der Waals surface area contributed by atoms with Gasteiger partial charge in [-0.2, -0.15) is 11.8 Å². The number of halogens is 1. The summed E-state index contributed by atoms with van der Waals surface area (Å²) in [7, 11) is 0. The van der Waals surface area contributed by atoms with Crippen LogP contribution in [0.2, 0.25) is 0 Å². The maximum atomic E-state index is 11.6. The maximum Gasteiger partial charge on any atom is 0.222 e. The molecule has 0 aromatic rings. The quantitative estimate of drug-likeness (QED) is 0.769. The molecular weight excluding hydrogens is 248 g/mol. The SMILES string of the molecule is CSCC(C)NC(=O)CC1CNCCO1.Cl. The molecule has 1 rings (SSSR count). The van der Waals surface area contributed by atoms with E-state index in [0.717, 1.165) is 18.8 Å². The lowest BCUT2D eigenvalue weighted by molar-refractivity contribution is -0.124. The third kappa shape index (κ3) is 6.58. The Morgan fingerprint density at radius 2 is 2.44 bits per heavy atom. The van der Waals surface area contributed by atoms with E-state index in [1.54, 1.807) is 11.8 Å². The van der Waals surface area contributed by atoms with Crippen LogP contribution in [0.1, 0.15) is 13.3 Å². The van der Waals surface area contributed by atoms with Crippen molar-refractivity contribution < 1.29 is 9.53 Å². The Kier molecular flexibility index (Phi) is 9.12. The second kappa shape index (κ2) is 9.10. The Balaban J connectivity index is 0.00000225. The molecule has 1 aliphatic heterocycles. The molecule has 16 heavy (non-hydrogen) atoms. The number of morpholine rings is 1. The summed E-state index contributed by atoms with van der Waals surface area (Å²) < 4.78 is 5.46. The molecule has 0 aromatic carbocycles. The van der Waals surface area contributed by atoms with Gasteiger partial charge in [-0.3, -0.25) is 4.79 Å². The molecule has 0 spiro atoms. The predicted octanol–water partition coefficient (Wildman–Crippen LogP) is 0.654. The van der Waals surface area contributed by atoms with E-state index < -0.39 is 0 Å². The van der Waals surface area contributed by atoms with Crippen LogP contribution in [0.4, 0.5) is 0 Å². The zero-order valence-corrected chi connectivity index (χ0v) is 11.5. The summed E-state index contributed by atoms with van der Waals surface area (Å²) in [5, 5.41) is 6.17. The number of rotatable bonds is 5. The van der Waals surface area contributed by atoms with Crippen LogP contribution in [0.15, 0.2) is 0 Å². The molecule has 2 unspecified atom stereocenters. The largest absolute Gasteiger partial charge is 0.375 e. The average Bonchev–Trinajstić information content (AvgIpc) is 2.19. The first-order valence-corrected chi connectivity index (χ1v) is 6.72. The highest BCUT2D eigenvalue weighted by Gasteiger charge is 2.17. The van der Waals surface area contributed by atoms with Gasteiger partial charge in [-0.1, -0.05) is 0 Å². The standard InChI is InChI=1S/C10H20N2O2S.ClH/c1-8(7-15-2)12-10(13)5-9-6-11-3-4-14-9;/h8-9,11H,3-7H2,1-2H3,(H,12,13);1H. The van der Waals surface area contributed by atoms with E-state index in [0.29, 0.717) is 13.0 Å². The molecule has 0 radical (unpaired) electrons. The molecule has 1 fully saturated rings. The van der Waals surface area contributed by atoms with Crippen molar-refractivity contribution in [1.29, 1.82) is 0 Å². The topological polar surface area (TPSA) is 50.4 Å². The molecule has 1 heterocycles. The van der Waals surface area contributed by atoms with Gasteiger partial charge in [0.2, 0.25) is 5.91 Å². The molecule has 0 saturated carbocycles. The number of ether oxygens (including phenoxy) is 1. The molecule has 0 aliphatic carbocycles. The molecule has 6 heteroatoms. The number of amides is 1. The molecule has 96 valence electrons.